The molecular weight excluding hydrogens is 262 g/mol. The van der Waals surface area contributed by atoms with E-state index in [1.807, 2.05) is 13.8 Å². The lowest BCUT2D eigenvalue weighted by molar-refractivity contribution is 0.0114. The fourth-order valence-electron chi connectivity index (χ4n) is 3.05. The van der Waals surface area contributed by atoms with Crippen LogP contribution < -0.4 is 5.32 Å². The summed E-state index contributed by atoms with van der Waals surface area (Å²) >= 11 is 0. The Morgan fingerprint density at radius 2 is 1.48 bits per heavy atom. The van der Waals surface area contributed by atoms with E-state index in [-0.39, 0.29) is 0 Å². The van der Waals surface area contributed by atoms with Crippen molar-refractivity contribution in [2.75, 3.05) is 52.4 Å². The van der Waals surface area contributed by atoms with Gasteiger partial charge in [-0.2, -0.15) is 0 Å². The number of piperazine rings is 1. The standard InChI is InChI=1S/C17H37N3O/c1-6-8-18-13-17(5,7-2)15-20-11-9-19(10-12-20)14-16(3,4)21/h18,21H,6-15H2,1-5H3. The average Bonchev–Trinajstić information content (AvgIpc) is 2.40. The molecule has 0 aromatic carbocycles. The van der Waals surface area contributed by atoms with Crippen molar-refractivity contribution in [1.82, 2.24) is 15.1 Å². The van der Waals surface area contributed by atoms with Crippen molar-refractivity contribution < 1.29 is 5.11 Å². The first-order chi connectivity index (χ1) is 9.78. The number of hydrogen-bond acceptors (Lipinski definition) is 4. The second-order valence-corrected chi connectivity index (χ2v) is 7.71. The molecule has 0 aromatic rings. The molecule has 1 heterocycles. The van der Waals surface area contributed by atoms with Crippen molar-refractivity contribution >= 4 is 0 Å². The van der Waals surface area contributed by atoms with E-state index in [2.05, 4.69) is 35.9 Å². The van der Waals surface area contributed by atoms with Crippen LogP contribution in [0.4, 0.5) is 0 Å². The van der Waals surface area contributed by atoms with Gasteiger partial charge in [0.1, 0.15) is 0 Å². The molecule has 1 fully saturated rings. The van der Waals surface area contributed by atoms with Gasteiger partial charge in [-0.1, -0.05) is 20.8 Å². The molecule has 0 bridgehead atoms. The molecule has 0 radical (unpaired) electrons. The van der Waals surface area contributed by atoms with Crippen LogP contribution in [-0.4, -0.2) is 72.9 Å². The van der Waals surface area contributed by atoms with Gasteiger partial charge in [-0.3, -0.25) is 4.90 Å². The van der Waals surface area contributed by atoms with Crippen LogP contribution in [0.5, 0.6) is 0 Å². The summed E-state index contributed by atoms with van der Waals surface area (Å²) in [4.78, 5) is 4.98. The van der Waals surface area contributed by atoms with Gasteiger partial charge in [0.25, 0.3) is 0 Å². The minimum absolute atomic E-state index is 0.369. The van der Waals surface area contributed by atoms with Crippen LogP contribution in [0.2, 0.25) is 0 Å². The molecule has 0 saturated carbocycles. The number of rotatable bonds is 9. The lowest BCUT2D eigenvalue weighted by Gasteiger charge is -2.41. The summed E-state index contributed by atoms with van der Waals surface area (Å²) in [6.45, 7) is 19.3. The Balaban J connectivity index is 2.35. The van der Waals surface area contributed by atoms with E-state index in [9.17, 15) is 5.11 Å². The molecule has 1 saturated heterocycles. The van der Waals surface area contributed by atoms with Crippen LogP contribution >= 0.6 is 0 Å². The number of β-amino-alcohol motifs (C(OH)–C–C–N with tert-alkyl or cyclic N) is 1. The Morgan fingerprint density at radius 3 is 1.90 bits per heavy atom. The Hall–Kier alpha value is -0.160. The zero-order valence-corrected chi connectivity index (χ0v) is 14.9. The normalized spacial score (nSPS) is 21.4. The quantitative estimate of drug-likeness (QED) is 0.637. The zero-order valence-electron chi connectivity index (χ0n) is 14.9. The number of aliphatic hydroxyl groups is 1. The van der Waals surface area contributed by atoms with Gasteiger partial charge in [-0.05, 0) is 38.6 Å². The zero-order chi connectivity index (χ0) is 15.9. The van der Waals surface area contributed by atoms with Gasteiger partial charge in [-0.15, -0.1) is 0 Å². The SMILES string of the molecule is CCCNCC(C)(CC)CN1CCN(CC(C)(C)O)CC1. The maximum Gasteiger partial charge on any atom is 0.0718 e. The molecular formula is C17H37N3O. The molecule has 4 nitrogen and oxygen atoms in total. The van der Waals surface area contributed by atoms with Gasteiger partial charge in [0.05, 0.1) is 5.60 Å². The predicted molar refractivity (Wildman–Crippen MR) is 90.7 cm³/mol. The molecule has 0 aromatic heterocycles. The largest absolute Gasteiger partial charge is 0.389 e. The highest BCUT2D eigenvalue weighted by molar-refractivity contribution is 4.84. The predicted octanol–water partition coefficient (Wildman–Crippen LogP) is 1.79. The third-order valence-corrected chi connectivity index (χ3v) is 4.51. The third-order valence-electron chi connectivity index (χ3n) is 4.51. The van der Waals surface area contributed by atoms with Crippen molar-refractivity contribution in [3.63, 3.8) is 0 Å². The van der Waals surface area contributed by atoms with E-state index in [1.54, 1.807) is 0 Å². The van der Waals surface area contributed by atoms with E-state index >= 15 is 0 Å². The number of nitrogens with zero attached hydrogens (tertiary/aromatic N) is 2. The van der Waals surface area contributed by atoms with Crippen LogP contribution in [0.25, 0.3) is 0 Å². The van der Waals surface area contributed by atoms with Crippen molar-refractivity contribution in [2.45, 2.75) is 53.1 Å². The van der Waals surface area contributed by atoms with E-state index in [1.165, 1.54) is 19.4 Å². The fourth-order valence-corrected chi connectivity index (χ4v) is 3.05. The number of hydrogen-bond donors (Lipinski definition) is 2. The summed E-state index contributed by atoms with van der Waals surface area (Å²) in [6, 6.07) is 0. The molecule has 4 heteroatoms. The summed E-state index contributed by atoms with van der Waals surface area (Å²) < 4.78 is 0. The van der Waals surface area contributed by atoms with Gasteiger partial charge >= 0.3 is 0 Å². The second-order valence-electron chi connectivity index (χ2n) is 7.71. The summed E-state index contributed by atoms with van der Waals surface area (Å²) in [5.74, 6) is 0. The fraction of sp³-hybridized carbons (Fsp3) is 1.00. The Bertz CT molecular complexity index is 282. The number of nitrogens with one attached hydrogen (secondary N) is 1. The summed E-state index contributed by atoms with van der Waals surface area (Å²) in [5, 5.41) is 13.5. The molecule has 1 aliphatic heterocycles. The molecule has 21 heavy (non-hydrogen) atoms. The first kappa shape index (κ1) is 18.9. The van der Waals surface area contributed by atoms with Gasteiger partial charge in [-0.25, -0.2) is 0 Å². The maximum atomic E-state index is 9.92. The molecule has 0 aliphatic carbocycles. The first-order valence-electron chi connectivity index (χ1n) is 8.66. The monoisotopic (exact) mass is 299 g/mol. The van der Waals surface area contributed by atoms with E-state index in [0.717, 1.165) is 45.8 Å². The molecule has 126 valence electrons. The van der Waals surface area contributed by atoms with E-state index < -0.39 is 5.60 Å². The Labute approximate surface area is 131 Å². The van der Waals surface area contributed by atoms with Gasteiger partial charge < -0.3 is 15.3 Å². The maximum absolute atomic E-state index is 9.92. The summed E-state index contributed by atoms with van der Waals surface area (Å²) in [7, 11) is 0. The van der Waals surface area contributed by atoms with Crippen LogP contribution in [0.3, 0.4) is 0 Å². The minimum Gasteiger partial charge on any atom is -0.389 e. The summed E-state index contributed by atoms with van der Waals surface area (Å²) in [6.07, 6.45) is 2.42. The summed E-state index contributed by atoms with van der Waals surface area (Å²) in [5.41, 5.74) is -0.211. The lowest BCUT2D eigenvalue weighted by atomic mass is 9.86. The van der Waals surface area contributed by atoms with Gasteiger partial charge in [0.2, 0.25) is 0 Å². The van der Waals surface area contributed by atoms with Crippen LogP contribution in [0.1, 0.15) is 47.5 Å². The van der Waals surface area contributed by atoms with Crippen molar-refractivity contribution in [3.8, 4) is 0 Å². The minimum atomic E-state index is -0.579. The van der Waals surface area contributed by atoms with Crippen LogP contribution in [0, 0.1) is 5.41 Å². The van der Waals surface area contributed by atoms with Crippen molar-refractivity contribution in [2.24, 2.45) is 5.41 Å². The smallest absolute Gasteiger partial charge is 0.0718 e. The average molecular weight is 300 g/mol. The molecule has 0 amide bonds. The van der Waals surface area contributed by atoms with Crippen LogP contribution in [0.15, 0.2) is 0 Å². The Morgan fingerprint density at radius 1 is 0.952 bits per heavy atom. The highest BCUT2D eigenvalue weighted by atomic mass is 16.3. The second kappa shape index (κ2) is 8.47. The Kier molecular flexibility index (Phi) is 7.62. The molecule has 1 atom stereocenters. The molecule has 1 rings (SSSR count). The van der Waals surface area contributed by atoms with E-state index in [4.69, 9.17) is 0 Å². The molecule has 0 spiro atoms. The molecule has 2 N–H and O–H groups in total. The van der Waals surface area contributed by atoms with Gasteiger partial charge in [0.15, 0.2) is 0 Å². The highest BCUT2D eigenvalue weighted by Crippen LogP contribution is 2.22. The highest BCUT2D eigenvalue weighted by Gasteiger charge is 2.28. The molecule has 1 aliphatic rings. The van der Waals surface area contributed by atoms with Crippen molar-refractivity contribution in [1.29, 1.82) is 0 Å². The third kappa shape index (κ3) is 7.59. The van der Waals surface area contributed by atoms with Crippen molar-refractivity contribution in [3.05, 3.63) is 0 Å². The van der Waals surface area contributed by atoms with E-state index in [0.29, 0.717) is 5.41 Å². The molecule has 1 unspecified atom stereocenters. The van der Waals surface area contributed by atoms with Gasteiger partial charge in [0, 0.05) is 45.8 Å². The lowest BCUT2D eigenvalue weighted by Crippen LogP contribution is -2.53. The first-order valence-corrected chi connectivity index (χ1v) is 8.66. The van der Waals surface area contributed by atoms with Crippen LogP contribution in [-0.2, 0) is 0 Å². The topological polar surface area (TPSA) is 38.7 Å².